The van der Waals surface area contributed by atoms with E-state index in [9.17, 15) is 0 Å². The lowest BCUT2D eigenvalue weighted by Crippen LogP contribution is -2.10. The molecule has 1 heterocycles. The van der Waals surface area contributed by atoms with Gasteiger partial charge in [-0.05, 0) is 36.6 Å². The fourth-order valence-corrected chi connectivity index (χ4v) is 2.11. The molecule has 0 aliphatic heterocycles. The van der Waals surface area contributed by atoms with E-state index in [-0.39, 0.29) is 0 Å². The summed E-state index contributed by atoms with van der Waals surface area (Å²) in [6.07, 6.45) is 2.68. The first-order chi connectivity index (χ1) is 9.11. The van der Waals surface area contributed by atoms with E-state index in [2.05, 4.69) is 42.3 Å². The summed E-state index contributed by atoms with van der Waals surface area (Å²) in [6.45, 7) is 4.22. The fraction of sp³-hybridized carbons (Fsp3) is 0.200. The van der Waals surface area contributed by atoms with Crippen LogP contribution in [-0.2, 0) is 6.42 Å². The van der Waals surface area contributed by atoms with Crippen molar-refractivity contribution in [3.63, 3.8) is 0 Å². The fourth-order valence-electron chi connectivity index (χ4n) is 1.98. The highest BCUT2D eigenvalue weighted by atomic mass is 32.1. The monoisotopic (exact) mass is 271 g/mol. The first kappa shape index (κ1) is 13.5. The molecule has 3 nitrogen and oxygen atoms in total. The summed E-state index contributed by atoms with van der Waals surface area (Å²) in [6, 6.07) is 9.95. The van der Waals surface area contributed by atoms with Gasteiger partial charge in [0.05, 0.1) is 0 Å². The van der Waals surface area contributed by atoms with Gasteiger partial charge in [0.2, 0.25) is 0 Å². The van der Waals surface area contributed by atoms with E-state index < -0.39 is 0 Å². The molecule has 0 saturated heterocycles. The van der Waals surface area contributed by atoms with Crippen molar-refractivity contribution in [2.45, 2.75) is 20.3 Å². The van der Waals surface area contributed by atoms with Gasteiger partial charge in [-0.15, -0.1) is 0 Å². The van der Waals surface area contributed by atoms with Crippen LogP contribution in [0.1, 0.15) is 23.6 Å². The summed E-state index contributed by atoms with van der Waals surface area (Å²) in [5.41, 5.74) is 10.0. The molecule has 0 spiro atoms. The third-order valence-electron chi connectivity index (χ3n) is 3.04. The number of hydrogen-bond donors (Lipinski definition) is 2. The first-order valence-corrected chi connectivity index (χ1v) is 6.64. The minimum Gasteiger partial charge on any atom is -0.389 e. The third kappa shape index (κ3) is 3.09. The number of aromatic nitrogens is 1. The number of aryl methyl sites for hydroxylation is 2. The molecular formula is C15H17N3S. The molecule has 1 aromatic carbocycles. The highest BCUT2D eigenvalue weighted by Crippen LogP contribution is 2.24. The summed E-state index contributed by atoms with van der Waals surface area (Å²) in [5, 5.41) is 3.36. The van der Waals surface area contributed by atoms with Gasteiger partial charge in [0.1, 0.15) is 10.8 Å². The Hall–Kier alpha value is -1.94. The molecule has 98 valence electrons. The molecule has 0 atom stereocenters. The quantitative estimate of drug-likeness (QED) is 0.837. The van der Waals surface area contributed by atoms with Crippen LogP contribution in [0, 0.1) is 6.92 Å². The number of thiocarbonyl (C=S) groups is 1. The second kappa shape index (κ2) is 5.80. The van der Waals surface area contributed by atoms with Crippen molar-refractivity contribution in [1.82, 2.24) is 4.98 Å². The van der Waals surface area contributed by atoms with Gasteiger partial charge in [0.15, 0.2) is 0 Å². The zero-order valence-corrected chi connectivity index (χ0v) is 11.9. The van der Waals surface area contributed by atoms with Crippen LogP contribution in [0.2, 0.25) is 0 Å². The van der Waals surface area contributed by atoms with Crippen LogP contribution < -0.4 is 11.1 Å². The zero-order chi connectivity index (χ0) is 13.8. The van der Waals surface area contributed by atoms with E-state index in [0.717, 1.165) is 23.5 Å². The molecule has 0 bridgehead atoms. The maximum Gasteiger partial charge on any atom is 0.130 e. The van der Waals surface area contributed by atoms with Crippen molar-refractivity contribution in [2.24, 2.45) is 5.73 Å². The molecule has 2 rings (SSSR count). The van der Waals surface area contributed by atoms with Crippen LogP contribution in [0.15, 0.2) is 36.5 Å². The Morgan fingerprint density at radius 3 is 2.84 bits per heavy atom. The van der Waals surface area contributed by atoms with E-state index in [0.29, 0.717) is 4.99 Å². The molecule has 0 aliphatic rings. The van der Waals surface area contributed by atoms with E-state index >= 15 is 0 Å². The van der Waals surface area contributed by atoms with Gasteiger partial charge in [-0.3, -0.25) is 0 Å². The topological polar surface area (TPSA) is 50.9 Å². The van der Waals surface area contributed by atoms with Gasteiger partial charge in [-0.2, -0.15) is 0 Å². The van der Waals surface area contributed by atoms with Crippen LogP contribution in [0.4, 0.5) is 11.5 Å². The number of pyridine rings is 1. The summed E-state index contributed by atoms with van der Waals surface area (Å²) in [5.74, 6) is 0.759. The number of anilines is 2. The number of nitrogens with zero attached hydrogens (tertiary/aromatic N) is 1. The van der Waals surface area contributed by atoms with Crippen LogP contribution in [0.3, 0.4) is 0 Å². The van der Waals surface area contributed by atoms with Crippen molar-refractivity contribution in [2.75, 3.05) is 5.32 Å². The maximum absolute atomic E-state index is 5.64. The number of rotatable bonds is 4. The van der Waals surface area contributed by atoms with Gasteiger partial charge in [-0.1, -0.05) is 37.3 Å². The lowest BCUT2D eigenvalue weighted by atomic mass is 10.1. The van der Waals surface area contributed by atoms with E-state index in [4.69, 9.17) is 18.0 Å². The minimum atomic E-state index is 0.381. The standard InChI is InChI=1S/C15H17N3S/c1-3-11-6-4-5-10(2)14(11)18-13-9-12(15(16)19)7-8-17-13/h4-9H,3H2,1-2H3,(H2,16,19)(H,17,18). The average molecular weight is 271 g/mol. The van der Waals surface area contributed by atoms with Crippen LogP contribution in [0.25, 0.3) is 0 Å². The van der Waals surface area contributed by atoms with Gasteiger partial charge < -0.3 is 11.1 Å². The molecule has 3 N–H and O–H groups in total. The molecule has 0 unspecified atom stereocenters. The predicted molar refractivity (Wildman–Crippen MR) is 84.0 cm³/mol. The third-order valence-corrected chi connectivity index (χ3v) is 3.27. The van der Waals surface area contributed by atoms with Crippen molar-refractivity contribution >= 4 is 28.7 Å². The molecule has 4 heteroatoms. The smallest absolute Gasteiger partial charge is 0.130 e. The first-order valence-electron chi connectivity index (χ1n) is 6.23. The summed E-state index contributed by atoms with van der Waals surface area (Å²) < 4.78 is 0. The number of nitrogens with two attached hydrogens (primary N) is 1. The number of benzene rings is 1. The second-order valence-corrected chi connectivity index (χ2v) is 4.82. The predicted octanol–water partition coefficient (Wildman–Crippen LogP) is 3.33. The molecule has 1 aromatic heterocycles. The lowest BCUT2D eigenvalue weighted by molar-refractivity contribution is 1.13. The molecule has 0 radical (unpaired) electrons. The highest BCUT2D eigenvalue weighted by molar-refractivity contribution is 7.80. The summed E-state index contributed by atoms with van der Waals surface area (Å²) >= 11 is 4.98. The number of hydrogen-bond acceptors (Lipinski definition) is 3. The second-order valence-electron chi connectivity index (χ2n) is 4.38. The summed E-state index contributed by atoms with van der Waals surface area (Å²) in [7, 11) is 0. The Labute approximate surface area is 118 Å². The number of para-hydroxylation sites is 1. The van der Waals surface area contributed by atoms with Crippen LogP contribution >= 0.6 is 12.2 Å². The normalized spacial score (nSPS) is 10.2. The van der Waals surface area contributed by atoms with E-state index in [1.807, 2.05) is 12.1 Å². The van der Waals surface area contributed by atoms with Crippen molar-refractivity contribution in [1.29, 1.82) is 0 Å². The molecular weight excluding hydrogens is 254 g/mol. The van der Waals surface area contributed by atoms with Gasteiger partial charge in [0, 0.05) is 17.4 Å². The Bertz CT molecular complexity index is 608. The maximum atomic E-state index is 5.64. The van der Waals surface area contributed by atoms with Crippen molar-refractivity contribution in [3.8, 4) is 0 Å². The Kier molecular flexibility index (Phi) is 4.12. The van der Waals surface area contributed by atoms with E-state index in [1.165, 1.54) is 11.1 Å². The van der Waals surface area contributed by atoms with Crippen LogP contribution in [-0.4, -0.2) is 9.97 Å². The largest absolute Gasteiger partial charge is 0.389 e. The SMILES string of the molecule is CCc1cccc(C)c1Nc1cc(C(N)=S)ccn1. The molecule has 0 aliphatic carbocycles. The lowest BCUT2D eigenvalue weighted by Gasteiger charge is -2.13. The van der Waals surface area contributed by atoms with Crippen molar-refractivity contribution < 1.29 is 0 Å². The zero-order valence-electron chi connectivity index (χ0n) is 11.1. The molecule has 2 aromatic rings. The molecule has 0 saturated carbocycles. The van der Waals surface area contributed by atoms with Gasteiger partial charge in [0.25, 0.3) is 0 Å². The Morgan fingerprint density at radius 1 is 1.37 bits per heavy atom. The average Bonchev–Trinajstić information content (AvgIpc) is 2.41. The highest BCUT2D eigenvalue weighted by Gasteiger charge is 2.06. The Morgan fingerprint density at radius 2 is 2.16 bits per heavy atom. The Balaban J connectivity index is 2.36. The minimum absolute atomic E-state index is 0.381. The molecule has 0 fully saturated rings. The molecule has 19 heavy (non-hydrogen) atoms. The number of nitrogens with one attached hydrogen (secondary N) is 1. The summed E-state index contributed by atoms with van der Waals surface area (Å²) in [4.78, 5) is 4.69. The van der Waals surface area contributed by atoms with E-state index in [1.54, 1.807) is 6.20 Å². The van der Waals surface area contributed by atoms with Crippen molar-refractivity contribution in [3.05, 3.63) is 53.2 Å². The van der Waals surface area contributed by atoms with Gasteiger partial charge >= 0.3 is 0 Å². The van der Waals surface area contributed by atoms with Gasteiger partial charge in [-0.25, -0.2) is 4.98 Å². The van der Waals surface area contributed by atoms with Crippen LogP contribution in [0.5, 0.6) is 0 Å². The molecule has 0 amide bonds.